The summed E-state index contributed by atoms with van der Waals surface area (Å²) in [6.07, 6.45) is 1.86. The molecule has 0 saturated carbocycles. The van der Waals surface area contributed by atoms with Crippen LogP contribution in [0.2, 0.25) is 0 Å². The number of aryl methyl sites for hydroxylation is 3. The van der Waals surface area contributed by atoms with Crippen molar-refractivity contribution in [1.29, 1.82) is 0 Å². The summed E-state index contributed by atoms with van der Waals surface area (Å²) in [6, 6.07) is 0.0229. The largest absolute Gasteiger partial charge is 0.361 e. The number of hydrogen-bond donors (Lipinski definition) is 1. The lowest BCUT2D eigenvalue weighted by atomic mass is 10.1. The molecule has 0 spiro atoms. The van der Waals surface area contributed by atoms with Gasteiger partial charge in [-0.05, 0) is 33.6 Å². The summed E-state index contributed by atoms with van der Waals surface area (Å²) in [6.45, 7) is 6.82. The molecule has 1 saturated heterocycles. The molecule has 0 aliphatic carbocycles. The van der Waals surface area contributed by atoms with Gasteiger partial charge in [-0.25, -0.2) is 4.98 Å². The summed E-state index contributed by atoms with van der Waals surface area (Å²) < 4.78 is 6.10. The Morgan fingerprint density at radius 2 is 2.22 bits per heavy atom. The summed E-state index contributed by atoms with van der Waals surface area (Å²) in [5.74, 6) is 1.20. The first-order valence-electron chi connectivity index (χ1n) is 8.96. The van der Waals surface area contributed by atoms with E-state index in [1.165, 1.54) is 11.8 Å². The van der Waals surface area contributed by atoms with Crippen molar-refractivity contribution in [3.8, 4) is 0 Å². The van der Waals surface area contributed by atoms with Crippen LogP contribution < -0.4 is 5.32 Å². The maximum Gasteiger partial charge on any atom is 0.230 e. The van der Waals surface area contributed by atoms with Gasteiger partial charge in [0.15, 0.2) is 4.34 Å². The SMILES string of the molecule is Cc1csc(SCC(=O)NC2CCC(=O)N(Cc3c(C)noc3C)CC2)n1. The van der Waals surface area contributed by atoms with E-state index in [9.17, 15) is 9.59 Å². The lowest BCUT2D eigenvalue weighted by Gasteiger charge is -2.21. The molecular formula is C18H24N4O3S2. The van der Waals surface area contributed by atoms with Crippen LogP contribution >= 0.6 is 23.1 Å². The van der Waals surface area contributed by atoms with E-state index < -0.39 is 0 Å². The van der Waals surface area contributed by atoms with Crippen molar-refractivity contribution in [2.45, 2.75) is 57.0 Å². The second kappa shape index (κ2) is 8.88. The van der Waals surface area contributed by atoms with Crippen molar-refractivity contribution < 1.29 is 14.1 Å². The Labute approximate surface area is 166 Å². The van der Waals surface area contributed by atoms with Crippen molar-refractivity contribution in [2.75, 3.05) is 12.3 Å². The second-order valence-corrected chi connectivity index (χ2v) is 8.83. The predicted octanol–water partition coefficient (Wildman–Crippen LogP) is 2.85. The molecule has 1 unspecified atom stereocenters. The van der Waals surface area contributed by atoms with Crippen LogP contribution in [0.3, 0.4) is 0 Å². The summed E-state index contributed by atoms with van der Waals surface area (Å²) in [5, 5.41) is 9.00. The van der Waals surface area contributed by atoms with Gasteiger partial charge in [-0.1, -0.05) is 16.9 Å². The number of rotatable bonds is 6. The number of likely N-dealkylation sites (tertiary alicyclic amines) is 1. The third-order valence-corrected chi connectivity index (χ3v) is 6.77. The van der Waals surface area contributed by atoms with Gasteiger partial charge in [0.2, 0.25) is 11.8 Å². The first-order valence-corrected chi connectivity index (χ1v) is 10.8. The highest BCUT2D eigenvalue weighted by atomic mass is 32.2. The first kappa shape index (κ1) is 19.9. The molecule has 1 atom stereocenters. The van der Waals surface area contributed by atoms with Crippen molar-refractivity contribution in [2.24, 2.45) is 0 Å². The van der Waals surface area contributed by atoms with E-state index in [2.05, 4.69) is 15.5 Å². The van der Waals surface area contributed by atoms with Gasteiger partial charge in [0, 0.05) is 35.6 Å². The molecule has 3 rings (SSSR count). The van der Waals surface area contributed by atoms with Gasteiger partial charge in [-0.2, -0.15) is 0 Å². The highest BCUT2D eigenvalue weighted by Crippen LogP contribution is 2.23. The van der Waals surface area contributed by atoms with Crippen LogP contribution in [-0.4, -0.2) is 45.2 Å². The lowest BCUT2D eigenvalue weighted by Crippen LogP contribution is -2.36. The molecule has 3 heterocycles. The fourth-order valence-electron chi connectivity index (χ4n) is 3.06. The minimum Gasteiger partial charge on any atom is -0.361 e. The average molecular weight is 409 g/mol. The second-order valence-electron chi connectivity index (χ2n) is 6.75. The molecule has 1 fully saturated rings. The van der Waals surface area contributed by atoms with Gasteiger partial charge in [0.25, 0.3) is 0 Å². The molecule has 0 radical (unpaired) electrons. The number of carbonyl (C=O) groups is 2. The molecule has 9 heteroatoms. The summed E-state index contributed by atoms with van der Waals surface area (Å²) in [7, 11) is 0. The minimum absolute atomic E-state index is 0.00974. The molecule has 0 bridgehead atoms. The molecule has 2 aromatic rings. The Morgan fingerprint density at radius 1 is 1.41 bits per heavy atom. The smallest absolute Gasteiger partial charge is 0.230 e. The van der Waals surface area contributed by atoms with Gasteiger partial charge in [-0.15, -0.1) is 11.3 Å². The Balaban J connectivity index is 1.49. The third kappa shape index (κ3) is 5.32. The highest BCUT2D eigenvalue weighted by molar-refractivity contribution is 8.01. The number of hydrogen-bond acceptors (Lipinski definition) is 7. The van der Waals surface area contributed by atoms with Crippen molar-refractivity contribution in [3.05, 3.63) is 28.1 Å². The van der Waals surface area contributed by atoms with E-state index in [0.717, 1.165) is 33.5 Å². The fourth-order valence-corrected chi connectivity index (χ4v) is 4.72. The van der Waals surface area contributed by atoms with Crippen LogP contribution in [0.5, 0.6) is 0 Å². The van der Waals surface area contributed by atoms with Crippen LogP contribution in [0.1, 0.15) is 42.0 Å². The number of carbonyl (C=O) groups excluding carboxylic acids is 2. The quantitative estimate of drug-likeness (QED) is 0.740. The van der Waals surface area contributed by atoms with Gasteiger partial charge >= 0.3 is 0 Å². The number of thiazole rings is 1. The molecule has 146 valence electrons. The summed E-state index contributed by atoms with van der Waals surface area (Å²) in [5.41, 5.74) is 2.77. The Hall–Kier alpha value is -1.87. The van der Waals surface area contributed by atoms with Crippen molar-refractivity contribution in [1.82, 2.24) is 20.4 Å². The minimum atomic E-state index is -0.00974. The van der Waals surface area contributed by atoms with E-state index in [1.807, 2.05) is 31.1 Å². The predicted molar refractivity (Wildman–Crippen MR) is 105 cm³/mol. The summed E-state index contributed by atoms with van der Waals surface area (Å²) >= 11 is 3.00. The van der Waals surface area contributed by atoms with E-state index in [4.69, 9.17) is 4.52 Å². The van der Waals surface area contributed by atoms with E-state index in [0.29, 0.717) is 31.7 Å². The van der Waals surface area contributed by atoms with Gasteiger partial charge < -0.3 is 14.7 Å². The summed E-state index contributed by atoms with van der Waals surface area (Å²) in [4.78, 5) is 30.9. The standard InChI is InChI=1S/C18H24N4O3S2/c1-11-9-26-18(19-11)27-10-16(23)20-14-4-5-17(24)22(7-6-14)8-15-12(2)21-25-13(15)3/h9,14H,4-8,10H2,1-3H3,(H,20,23). The van der Waals surface area contributed by atoms with Gasteiger partial charge in [-0.3, -0.25) is 9.59 Å². The molecule has 0 aromatic carbocycles. The Kier molecular flexibility index (Phi) is 6.54. The zero-order valence-electron chi connectivity index (χ0n) is 15.8. The topological polar surface area (TPSA) is 88.3 Å². The van der Waals surface area contributed by atoms with Crippen LogP contribution in [0.15, 0.2) is 14.2 Å². The molecular weight excluding hydrogens is 384 g/mol. The number of nitrogens with zero attached hydrogens (tertiary/aromatic N) is 3. The monoisotopic (exact) mass is 408 g/mol. The number of amides is 2. The maximum absolute atomic E-state index is 12.5. The third-order valence-electron chi connectivity index (χ3n) is 4.63. The van der Waals surface area contributed by atoms with E-state index in [1.54, 1.807) is 11.3 Å². The Morgan fingerprint density at radius 3 is 2.89 bits per heavy atom. The average Bonchev–Trinajstić information content (AvgIpc) is 3.14. The molecule has 27 heavy (non-hydrogen) atoms. The lowest BCUT2D eigenvalue weighted by molar-refractivity contribution is -0.131. The molecule has 7 nitrogen and oxygen atoms in total. The van der Waals surface area contributed by atoms with Crippen molar-refractivity contribution >= 4 is 34.9 Å². The molecule has 1 aliphatic rings. The highest BCUT2D eigenvalue weighted by Gasteiger charge is 2.25. The Bertz CT molecular complexity index is 798. The fraction of sp³-hybridized carbons (Fsp3) is 0.556. The van der Waals surface area contributed by atoms with Crippen LogP contribution in [0.4, 0.5) is 0 Å². The van der Waals surface area contributed by atoms with Crippen LogP contribution in [0.25, 0.3) is 0 Å². The zero-order valence-corrected chi connectivity index (χ0v) is 17.4. The molecule has 1 aliphatic heterocycles. The molecule has 1 N–H and O–H groups in total. The van der Waals surface area contributed by atoms with E-state index in [-0.39, 0.29) is 17.9 Å². The molecule has 2 amide bonds. The van der Waals surface area contributed by atoms with Crippen molar-refractivity contribution in [3.63, 3.8) is 0 Å². The van der Waals surface area contributed by atoms with Crippen LogP contribution in [-0.2, 0) is 16.1 Å². The first-order chi connectivity index (χ1) is 12.9. The number of nitrogens with one attached hydrogen (secondary N) is 1. The maximum atomic E-state index is 12.5. The molecule has 2 aromatic heterocycles. The number of aromatic nitrogens is 2. The normalized spacial score (nSPS) is 17.8. The van der Waals surface area contributed by atoms with E-state index >= 15 is 0 Å². The van der Waals surface area contributed by atoms with Gasteiger partial charge in [0.1, 0.15) is 5.76 Å². The zero-order chi connectivity index (χ0) is 19.4. The van der Waals surface area contributed by atoms with Gasteiger partial charge in [0.05, 0.1) is 18.0 Å². The number of thioether (sulfide) groups is 1. The van der Waals surface area contributed by atoms with Crippen LogP contribution in [0, 0.1) is 20.8 Å².